The van der Waals surface area contributed by atoms with E-state index in [0.717, 1.165) is 17.6 Å². The average Bonchev–Trinajstić information content (AvgIpc) is 2.45. The fraction of sp³-hybridized carbons (Fsp3) is 0.500. The van der Waals surface area contributed by atoms with Gasteiger partial charge in [0.05, 0.1) is 14.1 Å². The summed E-state index contributed by atoms with van der Waals surface area (Å²) >= 11 is 0. The Hall–Kier alpha value is -1.64. The number of hydrogen-bond acceptors (Lipinski definition) is 1. The largest absolute Gasteiger partial charge is 0.870 e. The van der Waals surface area contributed by atoms with E-state index in [1.54, 1.807) is 0 Å². The van der Waals surface area contributed by atoms with Crippen molar-refractivity contribution in [2.24, 2.45) is 0 Å². The molecule has 0 heterocycles. The molecule has 2 aromatic rings. The number of benzene rings is 2. The van der Waals surface area contributed by atoms with E-state index in [1.807, 2.05) is 0 Å². The van der Waals surface area contributed by atoms with E-state index in [1.165, 1.54) is 22.3 Å². The Kier molecular flexibility index (Phi) is 6.84. The minimum atomic E-state index is 0. The minimum Gasteiger partial charge on any atom is -0.870 e. The van der Waals surface area contributed by atoms with Crippen molar-refractivity contribution in [3.8, 4) is 0 Å². The molecule has 2 rings (SSSR count). The van der Waals surface area contributed by atoms with Gasteiger partial charge < -0.3 is 9.96 Å². The van der Waals surface area contributed by atoms with E-state index in [0.29, 0.717) is 0 Å². The topological polar surface area (TPSA) is 30.0 Å². The lowest BCUT2D eigenvalue weighted by molar-refractivity contribution is -0.916. The van der Waals surface area contributed by atoms with Crippen LogP contribution in [0.15, 0.2) is 48.5 Å². The van der Waals surface area contributed by atoms with Crippen LogP contribution in [0.25, 0.3) is 0 Å². The predicted molar refractivity (Wildman–Crippen MR) is 112 cm³/mol. The molecule has 0 amide bonds. The fourth-order valence-electron chi connectivity index (χ4n) is 3.26. The smallest absolute Gasteiger partial charge is 0.104 e. The molecule has 0 aromatic heterocycles. The van der Waals surface area contributed by atoms with Gasteiger partial charge in [-0.05, 0) is 22.0 Å². The molecule has 0 aliphatic carbocycles. The van der Waals surface area contributed by atoms with Crippen molar-refractivity contribution in [3.05, 3.63) is 70.8 Å². The highest BCUT2D eigenvalue weighted by molar-refractivity contribution is 5.28. The van der Waals surface area contributed by atoms with Crippen LogP contribution in [0.1, 0.15) is 63.8 Å². The minimum absolute atomic E-state index is 0. The summed E-state index contributed by atoms with van der Waals surface area (Å²) < 4.78 is 0.962. The number of rotatable bonds is 4. The van der Waals surface area contributed by atoms with E-state index in [9.17, 15) is 0 Å². The first-order valence-electron chi connectivity index (χ1n) is 9.38. The van der Waals surface area contributed by atoms with Crippen LogP contribution in [0.3, 0.4) is 0 Å². The molecule has 144 valence electrons. The second-order valence-corrected chi connectivity index (χ2v) is 10.1. The van der Waals surface area contributed by atoms with Crippen molar-refractivity contribution in [1.82, 2.24) is 0 Å². The summed E-state index contributed by atoms with van der Waals surface area (Å²) in [6, 6.07) is 18.3. The van der Waals surface area contributed by atoms with E-state index < -0.39 is 0 Å². The van der Waals surface area contributed by atoms with E-state index >= 15 is 0 Å². The van der Waals surface area contributed by atoms with Crippen molar-refractivity contribution >= 4 is 0 Å². The number of nitrogens with zero attached hydrogens (tertiary/aromatic N) is 1. The Morgan fingerprint density at radius 2 is 0.846 bits per heavy atom. The van der Waals surface area contributed by atoms with Crippen LogP contribution in [-0.2, 0) is 23.9 Å². The van der Waals surface area contributed by atoms with Crippen LogP contribution in [0, 0.1) is 0 Å². The van der Waals surface area contributed by atoms with Gasteiger partial charge in [-0.3, -0.25) is 0 Å². The van der Waals surface area contributed by atoms with Crippen LogP contribution in [0.4, 0.5) is 0 Å². The average molecular weight is 356 g/mol. The second kappa shape index (κ2) is 7.94. The summed E-state index contributed by atoms with van der Waals surface area (Å²) in [4.78, 5) is 0. The Morgan fingerprint density at radius 1 is 0.577 bits per heavy atom. The van der Waals surface area contributed by atoms with Crippen molar-refractivity contribution in [1.29, 1.82) is 0 Å². The summed E-state index contributed by atoms with van der Waals surface area (Å²) in [6.07, 6.45) is 0. The first kappa shape index (κ1) is 22.4. The maximum Gasteiger partial charge on any atom is 0.104 e. The van der Waals surface area contributed by atoms with Gasteiger partial charge in [-0.15, -0.1) is 0 Å². The fourth-order valence-corrected chi connectivity index (χ4v) is 3.26. The van der Waals surface area contributed by atoms with E-state index in [2.05, 4.69) is 104 Å². The zero-order valence-corrected chi connectivity index (χ0v) is 17.9. The normalized spacial score (nSPS) is 12.6. The first-order valence-corrected chi connectivity index (χ1v) is 9.38. The van der Waals surface area contributed by atoms with Gasteiger partial charge in [-0.25, -0.2) is 0 Å². The van der Waals surface area contributed by atoms with Gasteiger partial charge in [0.2, 0.25) is 0 Å². The Morgan fingerprint density at radius 3 is 1.08 bits per heavy atom. The Balaban J connectivity index is 0.00000338. The predicted octanol–water partition coefficient (Wildman–Crippen LogP) is 5.88. The molecule has 0 saturated carbocycles. The van der Waals surface area contributed by atoms with Gasteiger partial charge in [0.15, 0.2) is 0 Å². The highest BCUT2D eigenvalue weighted by Gasteiger charge is 2.19. The SMILES string of the molecule is CC(C)(C)c1ccc(C[N+](C)(C)Cc2ccc(C(C)(C)C)cc2)cc1.[OH-]. The molecule has 1 N–H and O–H groups in total. The first-order chi connectivity index (χ1) is 11.4. The molecule has 0 unspecified atom stereocenters. The molecule has 0 saturated heterocycles. The van der Waals surface area contributed by atoms with Crippen molar-refractivity contribution < 1.29 is 9.96 Å². The van der Waals surface area contributed by atoms with E-state index in [-0.39, 0.29) is 16.3 Å². The zero-order valence-electron chi connectivity index (χ0n) is 17.9. The lowest BCUT2D eigenvalue weighted by Crippen LogP contribution is -2.37. The Labute approximate surface area is 160 Å². The van der Waals surface area contributed by atoms with Gasteiger partial charge in [0.25, 0.3) is 0 Å². The van der Waals surface area contributed by atoms with Gasteiger partial charge >= 0.3 is 0 Å². The third-order valence-corrected chi connectivity index (χ3v) is 4.86. The molecule has 0 aliphatic heterocycles. The maximum atomic E-state index is 2.31. The van der Waals surface area contributed by atoms with Gasteiger partial charge in [0, 0.05) is 11.1 Å². The highest BCUT2D eigenvalue weighted by atomic mass is 16.0. The third-order valence-electron chi connectivity index (χ3n) is 4.86. The Bertz CT molecular complexity index is 621. The molecule has 0 fully saturated rings. The van der Waals surface area contributed by atoms with Crippen LogP contribution in [0.2, 0.25) is 0 Å². The summed E-state index contributed by atoms with van der Waals surface area (Å²) in [5.74, 6) is 0. The number of quaternary nitrogens is 1. The summed E-state index contributed by atoms with van der Waals surface area (Å²) in [6.45, 7) is 15.7. The molecule has 0 bridgehead atoms. The third kappa shape index (κ3) is 6.26. The zero-order chi connectivity index (χ0) is 18.9. The molecular formula is C24H37NO. The maximum absolute atomic E-state index is 2.31. The monoisotopic (exact) mass is 355 g/mol. The highest BCUT2D eigenvalue weighted by Crippen LogP contribution is 2.25. The summed E-state index contributed by atoms with van der Waals surface area (Å²) in [5, 5.41) is 0. The van der Waals surface area contributed by atoms with Crippen LogP contribution >= 0.6 is 0 Å². The molecular weight excluding hydrogens is 318 g/mol. The molecule has 0 aliphatic rings. The molecule has 2 heteroatoms. The molecule has 2 aromatic carbocycles. The van der Waals surface area contributed by atoms with Crippen molar-refractivity contribution in [2.75, 3.05) is 14.1 Å². The lowest BCUT2D eigenvalue weighted by Gasteiger charge is -2.30. The van der Waals surface area contributed by atoms with Crippen molar-refractivity contribution in [3.63, 3.8) is 0 Å². The van der Waals surface area contributed by atoms with E-state index in [4.69, 9.17) is 0 Å². The van der Waals surface area contributed by atoms with Crippen LogP contribution in [-0.4, -0.2) is 24.1 Å². The van der Waals surface area contributed by atoms with Gasteiger partial charge in [-0.2, -0.15) is 0 Å². The van der Waals surface area contributed by atoms with Crippen LogP contribution < -0.4 is 0 Å². The molecule has 0 atom stereocenters. The summed E-state index contributed by atoms with van der Waals surface area (Å²) in [7, 11) is 4.63. The quantitative estimate of drug-likeness (QED) is 0.630. The van der Waals surface area contributed by atoms with Crippen LogP contribution in [0.5, 0.6) is 0 Å². The molecule has 26 heavy (non-hydrogen) atoms. The molecule has 2 nitrogen and oxygen atoms in total. The van der Waals surface area contributed by atoms with Gasteiger partial charge in [0.1, 0.15) is 13.1 Å². The molecule has 0 spiro atoms. The second-order valence-electron chi connectivity index (χ2n) is 10.1. The number of hydrogen-bond donors (Lipinski definition) is 0. The van der Waals surface area contributed by atoms with Gasteiger partial charge in [-0.1, -0.05) is 90.1 Å². The standard InChI is InChI=1S/C24H36N.H2O/c1-23(2,3)21-13-9-19(10-14-21)17-25(7,8)18-20-11-15-22(16-12-20)24(4,5)6;/h9-16H,17-18H2,1-8H3;1H2/q+1;/p-1. The summed E-state index contributed by atoms with van der Waals surface area (Å²) in [5.41, 5.74) is 6.06. The lowest BCUT2D eigenvalue weighted by atomic mass is 9.86. The van der Waals surface area contributed by atoms with Crippen molar-refractivity contribution in [2.45, 2.75) is 65.5 Å². The molecule has 0 radical (unpaired) electrons.